The van der Waals surface area contributed by atoms with Gasteiger partial charge < -0.3 is 19.3 Å². The van der Waals surface area contributed by atoms with Gasteiger partial charge in [-0.15, -0.1) is 0 Å². The van der Waals surface area contributed by atoms with Crippen molar-refractivity contribution < 1.29 is 28.9 Å². The molecule has 0 saturated carbocycles. The summed E-state index contributed by atoms with van der Waals surface area (Å²) in [6.45, 7) is 1.94. The average molecular weight is 308 g/mol. The van der Waals surface area contributed by atoms with Crippen LogP contribution in [0.4, 0.5) is 0 Å². The first-order chi connectivity index (χ1) is 10.4. The Balaban J connectivity index is 2.41. The molecule has 1 aromatic rings. The molecule has 6 heteroatoms. The first-order valence-electron chi connectivity index (χ1n) is 7.09. The number of hydrogen-bond acceptors (Lipinski definition) is 6. The molecule has 0 bridgehead atoms. The van der Waals surface area contributed by atoms with Crippen LogP contribution in [0.1, 0.15) is 36.8 Å². The number of benzene rings is 1. The minimum absolute atomic E-state index is 0.0843. The maximum absolute atomic E-state index is 11.9. The molecule has 1 aliphatic carbocycles. The van der Waals surface area contributed by atoms with E-state index in [4.69, 9.17) is 14.2 Å². The number of carbonyl (C=O) groups is 2. The van der Waals surface area contributed by atoms with Gasteiger partial charge in [-0.25, -0.2) is 0 Å². The molecule has 120 valence electrons. The molecule has 0 aromatic heterocycles. The maximum atomic E-state index is 11.9. The Labute approximate surface area is 129 Å². The van der Waals surface area contributed by atoms with Gasteiger partial charge in [0, 0.05) is 0 Å². The Morgan fingerprint density at radius 1 is 1.36 bits per heavy atom. The van der Waals surface area contributed by atoms with Crippen molar-refractivity contribution in [3.63, 3.8) is 0 Å². The van der Waals surface area contributed by atoms with E-state index in [0.717, 1.165) is 0 Å². The van der Waals surface area contributed by atoms with Crippen LogP contribution in [0.25, 0.3) is 0 Å². The smallest absolute Gasteiger partial charge is 0.313 e. The highest BCUT2D eigenvalue weighted by Gasteiger charge is 2.47. The highest BCUT2D eigenvalue weighted by Crippen LogP contribution is 2.48. The van der Waals surface area contributed by atoms with Gasteiger partial charge in [0.2, 0.25) is 0 Å². The number of carbonyl (C=O) groups excluding carboxylic acids is 2. The molecule has 0 radical (unpaired) electrons. The molecule has 1 aromatic carbocycles. The third kappa shape index (κ3) is 2.92. The number of esters is 2. The van der Waals surface area contributed by atoms with E-state index in [9.17, 15) is 14.7 Å². The first-order valence-corrected chi connectivity index (χ1v) is 7.09. The molecule has 2 atom stereocenters. The van der Waals surface area contributed by atoms with Crippen molar-refractivity contribution >= 4 is 11.9 Å². The SMILES string of the molecule is CCOC(=O)CC1(O)CC(C(=O)OC)c2ccc(OC)cc21. The highest BCUT2D eigenvalue weighted by atomic mass is 16.5. The Morgan fingerprint density at radius 3 is 2.68 bits per heavy atom. The van der Waals surface area contributed by atoms with Crippen molar-refractivity contribution in [1.82, 2.24) is 0 Å². The number of methoxy groups -OCH3 is 2. The quantitative estimate of drug-likeness (QED) is 0.830. The van der Waals surface area contributed by atoms with Crippen molar-refractivity contribution in [3.8, 4) is 5.75 Å². The van der Waals surface area contributed by atoms with E-state index in [1.807, 2.05) is 0 Å². The zero-order chi connectivity index (χ0) is 16.3. The molecule has 0 fully saturated rings. The number of rotatable bonds is 5. The molecule has 1 N–H and O–H groups in total. The lowest BCUT2D eigenvalue weighted by Crippen LogP contribution is -2.28. The highest BCUT2D eigenvalue weighted by molar-refractivity contribution is 5.81. The lowest BCUT2D eigenvalue weighted by molar-refractivity contribution is -0.151. The van der Waals surface area contributed by atoms with E-state index in [1.165, 1.54) is 14.2 Å². The Hall–Kier alpha value is -2.08. The molecule has 0 amide bonds. The van der Waals surface area contributed by atoms with Crippen LogP contribution in [0, 0.1) is 0 Å². The predicted octanol–water partition coefficient (Wildman–Crippen LogP) is 1.50. The second-order valence-electron chi connectivity index (χ2n) is 5.25. The zero-order valence-corrected chi connectivity index (χ0v) is 12.9. The van der Waals surface area contributed by atoms with Crippen LogP contribution in [0.5, 0.6) is 5.75 Å². The van der Waals surface area contributed by atoms with Crippen molar-refractivity contribution in [3.05, 3.63) is 29.3 Å². The van der Waals surface area contributed by atoms with E-state index in [0.29, 0.717) is 16.9 Å². The molecule has 22 heavy (non-hydrogen) atoms. The fourth-order valence-electron chi connectivity index (χ4n) is 2.90. The number of ether oxygens (including phenoxy) is 3. The summed E-state index contributed by atoms with van der Waals surface area (Å²) in [6, 6.07) is 5.08. The van der Waals surface area contributed by atoms with Gasteiger partial charge in [0.05, 0.1) is 33.2 Å². The Bertz CT molecular complexity index is 582. The van der Waals surface area contributed by atoms with Gasteiger partial charge in [-0.2, -0.15) is 0 Å². The van der Waals surface area contributed by atoms with E-state index < -0.39 is 23.5 Å². The first kappa shape index (κ1) is 16.3. The summed E-state index contributed by atoms with van der Waals surface area (Å²) in [7, 11) is 2.81. The molecule has 0 heterocycles. The van der Waals surface area contributed by atoms with Crippen molar-refractivity contribution in [2.75, 3.05) is 20.8 Å². The second kappa shape index (κ2) is 6.36. The summed E-state index contributed by atoms with van der Waals surface area (Å²) in [5, 5.41) is 10.9. The number of aliphatic hydroxyl groups is 1. The summed E-state index contributed by atoms with van der Waals surface area (Å²) in [4.78, 5) is 23.7. The summed E-state index contributed by atoms with van der Waals surface area (Å²) >= 11 is 0. The van der Waals surface area contributed by atoms with Crippen LogP contribution >= 0.6 is 0 Å². The van der Waals surface area contributed by atoms with Crippen molar-refractivity contribution in [2.45, 2.75) is 31.3 Å². The largest absolute Gasteiger partial charge is 0.497 e. The maximum Gasteiger partial charge on any atom is 0.313 e. The second-order valence-corrected chi connectivity index (χ2v) is 5.25. The van der Waals surface area contributed by atoms with Crippen LogP contribution in [-0.2, 0) is 24.7 Å². The topological polar surface area (TPSA) is 82.1 Å². The van der Waals surface area contributed by atoms with Gasteiger partial charge in [0.1, 0.15) is 11.4 Å². The van der Waals surface area contributed by atoms with Crippen molar-refractivity contribution in [1.29, 1.82) is 0 Å². The van der Waals surface area contributed by atoms with Gasteiger partial charge >= 0.3 is 11.9 Å². The van der Waals surface area contributed by atoms with E-state index in [-0.39, 0.29) is 19.4 Å². The lowest BCUT2D eigenvalue weighted by atomic mass is 9.92. The third-order valence-electron chi connectivity index (χ3n) is 3.91. The molecule has 0 aliphatic heterocycles. The standard InChI is InChI=1S/C16H20O6/c1-4-22-14(17)9-16(19)8-12(15(18)21-3)11-6-5-10(20-2)7-13(11)16/h5-7,12,19H,4,8-9H2,1-3H3. The van der Waals surface area contributed by atoms with Crippen LogP contribution < -0.4 is 4.74 Å². The molecule has 2 unspecified atom stereocenters. The molecule has 1 aliphatic rings. The van der Waals surface area contributed by atoms with Crippen molar-refractivity contribution in [2.24, 2.45) is 0 Å². The average Bonchev–Trinajstić information content (AvgIpc) is 2.79. The molecule has 2 rings (SSSR count). The molecular weight excluding hydrogens is 288 g/mol. The predicted molar refractivity (Wildman–Crippen MR) is 77.5 cm³/mol. The van der Waals surface area contributed by atoms with Gasteiger partial charge in [0.15, 0.2) is 0 Å². The van der Waals surface area contributed by atoms with E-state index in [1.54, 1.807) is 25.1 Å². The van der Waals surface area contributed by atoms with Gasteiger partial charge in [0.25, 0.3) is 0 Å². The van der Waals surface area contributed by atoms with Gasteiger partial charge in [-0.3, -0.25) is 9.59 Å². The minimum atomic E-state index is -1.46. The molecular formula is C16H20O6. The zero-order valence-electron chi connectivity index (χ0n) is 12.9. The van der Waals surface area contributed by atoms with E-state index in [2.05, 4.69) is 0 Å². The molecule has 0 saturated heterocycles. The summed E-state index contributed by atoms with van der Waals surface area (Å²) in [6.07, 6.45) is -0.129. The van der Waals surface area contributed by atoms with Crippen LogP contribution in [-0.4, -0.2) is 37.9 Å². The lowest BCUT2D eigenvalue weighted by Gasteiger charge is -2.23. The summed E-state index contributed by atoms with van der Waals surface area (Å²) in [5.74, 6) is -1.01. The monoisotopic (exact) mass is 308 g/mol. The van der Waals surface area contributed by atoms with Crippen LogP contribution in [0.2, 0.25) is 0 Å². The summed E-state index contributed by atoms with van der Waals surface area (Å²) in [5.41, 5.74) is -0.302. The van der Waals surface area contributed by atoms with Gasteiger partial charge in [-0.1, -0.05) is 6.07 Å². The Kier molecular flexibility index (Phi) is 4.71. The molecule has 6 nitrogen and oxygen atoms in total. The third-order valence-corrected chi connectivity index (χ3v) is 3.91. The normalized spacial score (nSPS) is 22.8. The van der Waals surface area contributed by atoms with E-state index >= 15 is 0 Å². The molecule has 0 spiro atoms. The van der Waals surface area contributed by atoms with Crippen LogP contribution in [0.3, 0.4) is 0 Å². The number of hydrogen-bond donors (Lipinski definition) is 1. The number of fused-ring (bicyclic) bond motifs is 1. The summed E-state index contributed by atoms with van der Waals surface area (Å²) < 4.78 is 14.9. The fourth-order valence-corrected chi connectivity index (χ4v) is 2.90. The minimum Gasteiger partial charge on any atom is -0.497 e. The van der Waals surface area contributed by atoms with Gasteiger partial charge in [-0.05, 0) is 36.6 Å². The van der Waals surface area contributed by atoms with Crippen LogP contribution in [0.15, 0.2) is 18.2 Å². The fraction of sp³-hybridized carbons (Fsp3) is 0.500. The Morgan fingerprint density at radius 2 is 2.09 bits per heavy atom.